The fraction of sp³-hybridized carbons (Fsp3) is 0.316. The van der Waals surface area contributed by atoms with Gasteiger partial charge < -0.3 is 15.4 Å². The van der Waals surface area contributed by atoms with E-state index in [1.54, 1.807) is 7.11 Å². The Balaban J connectivity index is 1.70. The molecule has 0 aromatic heterocycles. The number of nitrogens with one attached hydrogen (secondary N) is 2. The van der Waals surface area contributed by atoms with Crippen molar-refractivity contribution in [2.75, 3.05) is 25.5 Å². The van der Waals surface area contributed by atoms with Crippen LogP contribution in [0.5, 0.6) is 5.75 Å². The molecular weight excluding hydrogens is 288 g/mol. The lowest BCUT2D eigenvalue weighted by Gasteiger charge is -2.12. The molecule has 0 heterocycles. The predicted octanol–water partition coefficient (Wildman–Crippen LogP) is 3.16. The molecular formula is C19H24N2O2. The van der Waals surface area contributed by atoms with Crippen LogP contribution in [0.1, 0.15) is 17.5 Å². The van der Waals surface area contributed by atoms with Crippen molar-refractivity contribution in [3.05, 3.63) is 59.7 Å². The molecule has 122 valence electrons. The van der Waals surface area contributed by atoms with Crippen molar-refractivity contribution >= 4 is 11.6 Å². The summed E-state index contributed by atoms with van der Waals surface area (Å²) < 4.78 is 5.29. The first-order chi connectivity index (χ1) is 11.2. The number of anilines is 1. The molecule has 0 fully saturated rings. The number of hydrogen-bond donors (Lipinski definition) is 2. The minimum Gasteiger partial charge on any atom is -0.495 e. The topological polar surface area (TPSA) is 50.4 Å². The lowest BCUT2D eigenvalue weighted by molar-refractivity contribution is -0.119. The van der Waals surface area contributed by atoms with Crippen LogP contribution < -0.4 is 15.4 Å². The normalized spacial score (nSPS) is 10.2. The van der Waals surface area contributed by atoms with Gasteiger partial charge in [-0.1, -0.05) is 36.4 Å². The van der Waals surface area contributed by atoms with E-state index in [2.05, 4.69) is 22.8 Å². The van der Waals surface area contributed by atoms with E-state index in [0.717, 1.165) is 29.8 Å². The van der Waals surface area contributed by atoms with Gasteiger partial charge in [-0.25, -0.2) is 0 Å². The van der Waals surface area contributed by atoms with Crippen molar-refractivity contribution < 1.29 is 9.53 Å². The van der Waals surface area contributed by atoms with Gasteiger partial charge in [-0.3, -0.25) is 4.79 Å². The van der Waals surface area contributed by atoms with Crippen molar-refractivity contribution in [1.29, 1.82) is 0 Å². The zero-order valence-electron chi connectivity index (χ0n) is 13.8. The minimum atomic E-state index is -0.0124. The standard InChI is InChI=1S/C19H24N2O2/c1-15-10-11-18(23-2)17(13-15)21-14-19(22)20-12-6-9-16-7-4-3-5-8-16/h3-5,7-8,10-11,13,21H,6,9,12,14H2,1-2H3,(H,20,22). The summed E-state index contributed by atoms with van der Waals surface area (Å²) in [6.45, 7) is 2.93. The predicted molar refractivity (Wildman–Crippen MR) is 94.0 cm³/mol. The van der Waals surface area contributed by atoms with Gasteiger partial charge in [0.15, 0.2) is 0 Å². The van der Waals surface area contributed by atoms with Gasteiger partial charge in [-0.15, -0.1) is 0 Å². The molecule has 23 heavy (non-hydrogen) atoms. The Morgan fingerprint density at radius 3 is 2.65 bits per heavy atom. The van der Waals surface area contributed by atoms with Crippen LogP contribution in [-0.2, 0) is 11.2 Å². The maximum atomic E-state index is 11.9. The van der Waals surface area contributed by atoms with E-state index in [1.807, 2.05) is 43.3 Å². The first-order valence-electron chi connectivity index (χ1n) is 7.88. The van der Waals surface area contributed by atoms with Crippen molar-refractivity contribution in [2.45, 2.75) is 19.8 Å². The summed E-state index contributed by atoms with van der Waals surface area (Å²) in [7, 11) is 1.62. The average molecular weight is 312 g/mol. The highest BCUT2D eigenvalue weighted by Crippen LogP contribution is 2.24. The van der Waals surface area contributed by atoms with Crippen LogP contribution >= 0.6 is 0 Å². The quantitative estimate of drug-likeness (QED) is 0.736. The van der Waals surface area contributed by atoms with Gasteiger partial charge in [0.2, 0.25) is 5.91 Å². The smallest absolute Gasteiger partial charge is 0.239 e. The number of benzene rings is 2. The van der Waals surface area contributed by atoms with Gasteiger partial charge in [0.1, 0.15) is 5.75 Å². The number of rotatable bonds is 8. The van der Waals surface area contributed by atoms with Crippen LogP contribution in [0.3, 0.4) is 0 Å². The molecule has 2 aromatic carbocycles. The third-order valence-corrected chi connectivity index (χ3v) is 3.60. The number of ether oxygens (including phenoxy) is 1. The Hall–Kier alpha value is -2.49. The third-order valence-electron chi connectivity index (χ3n) is 3.60. The highest BCUT2D eigenvalue weighted by molar-refractivity contribution is 5.81. The highest BCUT2D eigenvalue weighted by atomic mass is 16.5. The summed E-state index contributed by atoms with van der Waals surface area (Å²) in [6, 6.07) is 16.1. The van der Waals surface area contributed by atoms with Crippen LogP contribution in [-0.4, -0.2) is 26.1 Å². The number of hydrogen-bond acceptors (Lipinski definition) is 3. The molecule has 0 radical (unpaired) electrons. The fourth-order valence-corrected chi connectivity index (χ4v) is 2.36. The lowest BCUT2D eigenvalue weighted by Crippen LogP contribution is -2.30. The second-order valence-electron chi connectivity index (χ2n) is 5.50. The van der Waals surface area contributed by atoms with Crippen LogP contribution in [0.25, 0.3) is 0 Å². The van der Waals surface area contributed by atoms with Gasteiger partial charge in [0.05, 0.1) is 19.3 Å². The Labute approximate surface area is 137 Å². The summed E-state index contributed by atoms with van der Waals surface area (Å²) >= 11 is 0. The monoisotopic (exact) mass is 312 g/mol. The SMILES string of the molecule is COc1ccc(C)cc1NCC(=O)NCCCc1ccccc1. The fourth-order valence-electron chi connectivity index (χ4n) is 2.36. The molecule has 0 atom stereocenters. The molecule has 0 saturated heterocycles. The Bertz CT molecular complexity index is 627. The molecule has 0 bridgehead atoms. The maximum absolute atomic E-state index is 11.9. The third kappa shape index (κ3) is 5.66. The van der Waals surface area contributed by atoms with Gasteiger partial charge >= 0.3 is 0 Å². The van der Waals surface area contributed by atoms with Crippen LogP contribution in [0.4, 0.5) is 5.69 Å². The number of carbonyl (C=O) groups is 1. The second-order valence-corrected chi connectivity index (χ2v) is 5.50. The molecule has 4 heteroatoms. The molecule has 0 aliphatic rings. The average Bonchev–Trinajstić information content (AvgIpc) is 2.58. The van der Waals surface area contributed by atoms with Gasteiger partial charge in [-0.05, 0) is 43.0 Å². The van der Waals surface area contributed by atoms with E-state index < -0.39 is 0 Å². The van der Waals surface area contributed by atoms with Gasteiger partial charge in [-0.2, -0.15) is 0 Å². The van der Waals surface area contributed by atoms with Crippen molar-refractivity contribution in [2.24, 2.45) is 0 Å². The Kier molecular flexibility index (Phi) is 6.48. The van der Waals surface area contributed by atoms with Crippen LogP contribution in [0.2, 0.25) is 0 Å². The summed E-state index contributed by atoms with van der Waals surface area (Å²) in [4.78, 5) is 11.9. The van der Waals surface area contributed by atoms with Gasteiger partial charge in [0, 0.05) is 6.54 Å². The van der Waals surface area contributed by atoms with Crippen molar-refractivity contribution in [3.8, 4) is 5.75 Å². The first-order valence-corrected chi connectivity index (χ1v) is 7.88. The van der Waals surface area contributed by atoms with E-state index in [-0.39, 0.29) is 12.5 Å². The second kappa shape index (κ2) is 8.83. The molecule has 0 aliphatic carbocycles. The molecule has 2 aromatic rings. The molecule has 0 unspecified atom stereocenters. The number of carbonyl (C=O) groups excluding carboxylic acids is 1. The summed E-state index contributed by atoms with van der Waals surface area (Å²) in [5, 5.41) is 6.06. The number of amides is 1. The molecule has 0 saturated carbocycles. The zero-order chi connectivity index (χ0) is 16.5. The molecule has 2 N–H and O–H groups in total. The molecule has 0 aliphatic heterocycles. The maximum Gasteiger partial charge on any atom is 0.239 e. The van der Waals surface area contributed by atoms with E-state index in [0.29, 0.717) is 6.54 Å². The van der Waals surface area contributed by atoms with Gasteiger partial charge in [0.25, 0.3) is 0 Å². The van der Waals surface area contributed by atoms with E-state index in [9.17, 15) is 4.79 Å². The van der Waals surface area contributed by atoms with E-state index in [4.69, 9.17) is 4.74 Å². The largest absolute Gasteiger partial charge is 0.495 e. The highest BCUT2D eigenvalue weighted by Gasteiger charge is 2.05. The van der Waals surface area contributed by atoms with Crippen LogP contribution in [0, 0.1) is 6.92 Å². The summed E-state index contributed by atoms with van der Waals surface area (Å²) in [6.07, 6.45) is 1.91. The van der Waals surface area contributed by atoms with E-state index in [1.165, 1.54) is 5.56 Å². The van der Waals surface area contributed by atoms with E-state index >= 15 is 0 Å². The Morgan fingerprint density at radius 2 is 1.91 bits per heavy atom. The lowest BCUT2D eigenvalue weighted by atomic mass is 10.1. The van der Waals surface area contributed by atoms with Crippen LogP contribution in [0.15, 0.2) is 48.5 Å². The van der Waals surface area contributed by atoms with Crippen molar-refractivity contribution in [3.63, 3.8) is 0 Å². The zero-order valence-corrected chi connectivity index (χ0v) is 13.8. The first kappa shape index (κ1) is 16.9. The molecule has 0 spiro atoms. The molecule has 4 nitrogen and oxygen atoms in total. The van der Waals surface area contributed by atoms with Crippen molar-refractivity contribution in [1.82, 2.24) is 5.32 Å². The summed E-state index contributed by atoms with van der Waals surface area (Å²) in [5.74, 6) is 0.731. The molecule has 1 amide bonds. The number of methoxy groups -OCH3 is 1. The molecule has 2 rings (SSSR count). The Morgan fingerprint density at radius 1 is 1.13 bits per heavy atom. The summed E-state index contributed by atoms with van der Waals surface area (Å²) in [5.41, 5.74) is 3.26. The minimum absolute atomic E-state index is 0.0124. The number of aryl methyl sites for hydroxylation is 2.